The van der Waals surface area contributed by atoms with Crippen molar-refractivity contribution in [2.45, 2.75) is 39.6 Å². The molecular formula is C18H24O6. The van der Waals surface area contributed by atoms with E-state index in [4.69, 9.17) is 18.9 Å². The van der Waals surface area contributed by atoms with E-state index in [2.05, 4.69) is 0 Å². The summed E-state index contributed by atoms with van der Waals surface area (Å²) in [5, 5.41) is 0. The van der Waals surface area contributed by atoms with E-state index in [1.807, 2.05) is 37.3 Å². The molecule has 0 saturated carbocycles. The van der Waals surface area contributed by atoms with Crippen LogP contribution in [0.2, 0.25) is 0 Å². The Morgan fingerprint density at radius 1 is 1.08 bits per heavy atom. The van der Waals surface area contributed by atoms with Gasteiger partial charge in [-0.15, -0.1) is 0 Å². The zero-order valence-electron chi connectivity index (χ0n) is 14.4. The Morgan fingerprint density at radius 3 is 2.29 bits per heavy atom. The van der Waals surface area contributed by atoms with Crippen molar-refractivity contribution in [3.63, 3.8) is 0 Å². The fourth-order valence-electron chi connectivity index (χ4n) is 2.23. The molecule has 1 aromatic rings. The summed E-state index contributed by atoms with van der Waals surface area (Å²) in [4.78, 5) is 24.1. The molecule has 1 fully saturated rings. The molecule has 0 N–H and O–H groups in total. The van der Waals surface area contributed by atoms with Crippen LogP contribution >= 0.6 is 0 Å². The number of carbonyl (C=O) groups is 2. The van der Waals surface area contributed by atoms with Crippen LogP contribution in [0.1, 0.15) is 32.8 Å². The molecular weight excluding hydrogens is 312 g/mol. The smallest absolute Gasteiger partial charge is 0.344 e. The minimum Gasteiger partial charge on any atom is -0.458 e. The second kappa shape index (κ2) is 7.77. The second-order valence-electron chi connectivity index (χ2n) is 6.33. The standard InChI is InChI=1S/C18H24O6/c1-4-18(12-23-17(2,3)24-13-18)16(20)22-11-15(19)21-10-14-8-6-5-7-9-14/h5-9H,4,10-13H2,1-3H3. The normalized spacial score (nSPS) is 18.6. The van der Waals surface area contributed by atoms with Crippen molar-refractivity contribution in [1.29, 1.82) is 0 Å². The molecule has 0 atom stereocenters. The molecule has 2 rings (SSSR count). The van der Waals surface area contributed by atoms with E-state index in [9.17, 15) is 9.59 Å². The predicted molar refractivity (Wildman–Crippen MR) is 85.9 cm³/mol. The molecule has 0 radical (unpaired) electrons. The lowest BCUT2D eigenvalue weighted by Gasteiger charge is -2.41. The van der Waals surface area contributed by atoms with Gasteiger partial charge < -0.3 is 18.9 Å². The van der Waals surface area contributed by atoms with E-state index in [0.29, 0.717) is 6.42 Å². The third-order valence-corrected chi connectivity index (χ3v) is 4.07. The van der Waals surface area contributed by atoms with Crippen LogP contribution in [0.4, 0.5) is 0 Å². The molecule has 0 aliphatic carbocycles. The van der Waals surface area contributed by atoms with Crippen molar-refractivity contribution < 1.29 is 28.5 Å². The number of ether oxygens (including phenoxy) is 4. The molecule has 0 aromatic heterocycles. The minimum atomic E-state index is -0.880. The molecule has 1 aliphatic rings. The Morgan fingerprint density at radius 2 is 1.71 bits per heavy atom. The van der Waals surface area contributed by atoms with Gasteiger partial charge in [0, 0.05) is 0 Å². The Bertz CT molecular complexity index is 556. The largest absolute Gasteiger partial charge is 0.458 e. The topological polar surface area (TPSA) is 71.1 Å². The van der Waals surface area contributed by atoms with Crippen LogP contribution in [-0.4, -0.2) is 37.5 Å². The van der Waals surface area contributed by atoms with Gasteiger partial charge in [-0.3, -0.25) is 4.79 Å². The molecule has 6 heteroatoms. The van der Waals surface area contributed by atoms with E-state index in [1.165, 1.54) is 0 Å². The first-order valence-electron chi connectivity index (χ1n) is 8.02. The van der Waals surface area contributed by atoms with Crippen LogP contribution in [0.5, 0.6) is 0 Å². The summed E-state index contributed by atoms with van der Waals surface area (Å²) in [6.07, 6.45) is 0.501. The van der Waals surface area contributed by atoms with Crippen molar-refractivity contribution in [1.82, 2.24) is 0 Å². The lowest BCUT2D eigenvalue weighted by molar-refractivity contribution is -0.285. The fourth-order valence-corrected chi connectivity index (χ4v) is 2.23. The third kappa shape index (κ3) is 4.79. The predicted octanol–water partition coefficient (Wildman–Crippen LogP) is 2.45. The van der Waals surface area contributed by atoms with Crippen molar-refractivity contribution in [3.05, 3.63) is 35.9 Å². The van der Waals surface area contributed by atoms with E-state index in [1.54, 1.807) is 13.8 Å². The fraction of sp³-hybridized carbons (Fsp3) is 0.556. The molecule has 6 nitrogen and oxygen atoms in total. The number of rotatable bonds is 6. The number of benzene rings is 1. The number of esters is 2. The van der Waals surface area contributed by atoms with Crippen LogP contribution in [0.3, 0.4) is 0 Å². The molecule has 1 aromatic carbocycles. The maximum Gasteiger partial charge on any atom is 0.344 e. The molecule has 132 valence electrons. The highest BCUT2D eigenvalue weighted by atomic mass is 16.7. The first-order valence-corrected chi connectivity index (χ1v) is 8.02. The molecule has 0 unspecified atom stereocenters. The molecule has 0 bridgehead atoms. The second-order valence-corrected chi connectivity index (χ2v) is 6.33. The monoisotopic (exact) mass is 336 g/mol. The van der Waals surface area contributed by atoms with Crippen LogP contribution in [0.25, 0.3) is 0 Å². The van der Waals surface area contributed by atoms with Crippen LogP contribution in [0, 0.1) is 5.41 Å². The molecule has 0 spiro atoms. The summed E-state index contributed by atoms with van der Waals surface area (Å²) in [5.74, 6) is -1.80. The highest BCUT2D eigenvalue weighted by Crippen LogP contribution is 2.33. The first kappa shape index (κ1) is 18.4. The SMILES string of the molecule is CCC1(C(=O)OCC(=O)OCc2ccccc2)COC(C)(C)OC1. The number of carbonyl (C=O) groups excluding carboxylic acids is 2. The van der Waals surface area contributed by atoms with Gasteiger partial charge in [-0.25, -0.2) is 4.79 Å². The van der Waals surface area contributed by atoms with E-state index in [0.717, 1.165) is 5.56 Å². The summed E-state index contributed by atoms with van der Waals surface area (Å²) in [7, 11) is 0. The zero-order chi connectivity index (χ0) is 17.6. The van der Waals surface area contributed by atoms with Crippen LogP contribution < -0.4 is 0 Å². The number of hydrogen-bond acceptors (Lipinski definition) is 6. The van der Waals surface area contributed by atoms with Crippen LogP contribution in [-0.2, 0) is 35.1 Å². The number of hydrogen-bond donors (Lipinski definition) is 0. The van der Waals surface area contributed by atoms with Crippen molar-refractivity contribution in [2.75, 3.05) is 19.8 Å². The van der Waals surface area contributed by atoms with E-state index >= 15 is 0 Å². The van der Waals surface area contributed by atoms with Crippen molar-refractivity contribution in [2.24, 2.45) is 5.41 Å². The van der Waals surface area contributed by atoms with Gasteiger partial charge in [-0.1, -0.05) is 37.3 Å². The van der Waals surface area contributed by atoms with Gasteiger partial charge in [-0.05, 0) is 25.8 Å². The maximum atomic E-state index is 12.4. The average molecular weight is 336 g/mol. The lowest BCUT2D eigenvalue weighted by atomic mass is 9.86. The summed E-state index contributed by atoms with van der Waals surface area (Å²) in [6.45, 7) is 5.58. The molecule has 24 heavy (non-hydrogen) atoms. The Balaban J connectivity index is 1.80. The Labute approximate surface area is 142 Å². The molecule has 1 aliphatic heterocycles. The van der Waals surface area contributed by atoms with Gasteiger partial charge in [0.1, 0.15) is 12.0 Å². The summed E-state index contributed by atoms with van der Waals surface area (Å²) in [5.41, 5.74) is -0.00611. The van der Waals surface area contributed by atoms with Crippen molar-refractivity contribution in [3.8, 4) is 0 Å². The van der Waals surface area contributed by atoms with Gasteiger partial charge >= 0.3 is 11.9 Å². The van der Waals surface area contributed by atoms with Gasteiger partial charge in [0.15, 0.2) is 12.4 Å². The van der Waals surface area contributed by atoms with Gasteiger partial charge in [0.25, 0.3) is 0 Å². The Hall–Kier alpha value is -1.92. The van der Waals surface area contributed by atoms with Crippen LogP contribution in [0.15, 0.2) is 30.3 Å². The third-order valence-electron chi connectivity index (χ3n) is 4.07. The van der Waals surface area contributed by atoms with Crippen molar-refractivity contribution >= 4 is 11.9 Å². The lowest BCUT2D eigenvalue weighted by Crippen LogP contribution is -2.51. The summed E-state index contributed by atoms with van der Waals surface area (Å²) in [6, 6.07) is 9.30. The molecule has 1 heterocycles. The molecule has 0 amide bonds. The highest BCUT2D eigenvalue weighted by molar-refractivity contribution is 5.80. The van der Waals surface area contributed by atoms with Gasteiger partial charge in [0.2, 0.25) is 0 Å². The quantitative estimate of drug-likeness (QED) is 0.743. The zero-order valence-corrected chi connectivity index (χ0v) is 14.4. The maximum absolute atomic E-state index is 12.4. The minimum absolute atomic E-state index is 0.149. The summed E-state index contributed by atoms with van der Waals surface area (Å²) >= 11 is 0. The highest BCUT2D eigenvalue weighted by Gasteiger charge is 2.46. The van der Waals surface area contributed by atoms with E-state index in [-0.39, 0.29) is 19.8 Å². The summed E-state index contributed by atoms with van der Waals surface area (Å²) < 4.78 is 21.3. The van der Waals surface area contributed by atoms with E-state index < -0.39 is 29.7 Å². The first-order chi connectivity index (χ1) is 11.4. The average Bonchev–Trinajstić information content (AvgIpc) is 2.59. The van der Waals surface area contributed by atoms with Gasteiger partial charge in [-0.2, -0.15) is 0 Å². The Kier molecular flexibility index (Phi) is 5.96. The molecule has 1 saturated heterocycles. The van der Waals surface area contributed by atoms with Gasteiger partial charge in [0.05, 0.1) is 13.2 Å².